The molecule has 0 N–H and O–H groups in total. The lowest BCUT2D eigenvalue weighted by Gasteiger charge is -2.01. The molecule has 0 aliphatic carbocycles. The van der Waals surface area contributed by atoms with Gasteiger partial charge in [0.2, 0.25) is 0 Å². The van der Waals surface area contributed by atoms with Gasteiger partial charge in [0.05, 0.1) is 13.8 Å². The van der Waals surface area contributed by atoms with Gasteiger partial charge >= 0.3 is 0 Å². The Bertz CT molecular complexity index is 240. The van der Waals surface area contributed by atoms with Gasteiger partial charge < -0.3 is 4.74 Å². The highest BCUT2D eigenvalue weighted by molar-refractivity contribution is 7.99. The Morgan fingerprint density at radius 3 is 3.00 bits per heavy atom. The van der Waals surface area contributed by atoms with E-state index < -0.39 is 0 Å². The van der Waals surface area contributed by atoms with E-state index in [1.165, 1.54) is 11.8 Å². The number of alkyl halides is 1. The highest BCUT2D eigenvalue weighted by atomic mass is 32.2. The maximum Gasteiger partial charge on any atom is 0.119 e. The minimum Gasteiger partial charge on any atom is -0.497 e. The van der Waals surface area contributed by atoms with Gasteiger partial charge in [-0.2, -0.15) is 0 Å². The zero-order chi connectivity index (χ0) is 8.81. The quantitative estimate of drug-likeness (QED) is 0.669. The Kier molecular flexibility index (Phi) is 3.94. The van der Waals surface area contributed by atoms with Crippen molar-refractivity contribution in [3.05, 3.63) is 24.3 Å². The molecule has 0 aliphatic rings. The van der Waals surface area contributed by atoms with Crippen LogP contribution in [-0.2, 0) is 0 Å². The molecule has 0 spiro atoms. The number of thioether (sulfide) groups is 1. The lowest BCUT2D eigenvalue weighted by atomic mass is 10.3. The van der Waals surface area contributed by atoms with Crippen LogP contribution in [0.25, 0.3) is 0 Å². The third-order valence-corrected chi connectivity index (χ3v) is 2.33. The number of ether oxygens (including phenoxy) is 1. The van der Waals surface area contributed by atoms with Gasteiger partial charge in [0, 0.05) is 10.6 Å². The second kappa shape index (κ2) is 5.04. The van der Waals surface area contributed by atoms with E-state index in [-0.39, 0.29) is 6.67 Å². The fourth-order valence-electron chi connectivity index (χ4n) is 0.847. The normalized spacial score (nSPS) is 9.83. The van der Waals surface area contributed by atoms with E-state index in [2.05, 4.69) is 0 Å². The molecule has 1 nitrogen and oxygen atoms in total. The standard InChI is InChI=1S/C9H11FOS/c1-11-8-3-2-4-9(7-8)12-6-5-10/h2-4,7H,5-6H2,1H3. The Morgan fingerprint density at radius 1 is 1.50 bits per heavy atom. The molecule has 0 aromatic heterocycles. The molecule has 66 valence electrons. The monoisotopic (exact) mass is 186 g/mol. The van der Waals surface area contributed by atoms with E-state index in [0.717, 1.165) is 10.6 Å². The Hall–Kier alpha value is -0.700. The summed E-state index contributed by atoms with van der Waals surface area (Å²) >= 11 is 1.49. The molecule has 0 fully saturated rings. The first kappa shape index (κ1) is 9.39. The smallest absolute Gasteiger partial charge is 0.119 e. The number of halogens is 1. The molecule has 0 unspecified atom stereocenters. The van der Waals surface area contributed by atoms with Crippen LogP contribution in [0.4, 0.5) is 4.39 Å². The van der Waals surface area contributed by atoms with Gasteiger partial charge in [0.25, 0.3) is 0 Å². The third kappa shape index (κ3) is 2.74. The lowest BCUT2D eigenvalue weighted by molar-refractivity contribution is 0.413. The first-order valence-electron chi connectivity index (χ1n) is 3.69. The van der Waals surface area contributed by atoms with E-state index in [1.54, 1.807) is 7.11 Å². The largest absolute Gasteiger partial charge is 0.497 e. The highest BCUT2D eigenvalue weighted by Crippen LogP contribution is 2.22. The number of hydrogen-bond acceptors (Lipinski definition) is 2. The Morgan fingerprint density at radius 2 is 2.33 bits per heavy atom. The maximum atomic E-state index is 11.8. The molecule has 12 heavy (non-hydrogen) atoms. The second-order valence-electron chi connectivity index (χ2n) is 2.22. The second-order valence-corrected chi connectivity index (χ2v) is 3.38. The summed E-state index contributed by atoms with van der Waals surface area (Å²) < 4.78 is 16.8. The Balaban J connectivity index is 2.60. The molecule has 0 atom stereocenters. The van der Waals surface area contributed by atoms with Gasteiger partial charge in [-0.1, -0.05) is 6.07 Å². The van der Waals surface area contributed by atoms with Gasteiger partial charge in [0.15, 0.2) is 0 Å². The van der Waals surface area contributed by atoms with Gasteiger partial charge in [-0.05, 0) is 18.2 Å². The zero-order valence-electron chi connectivity index (χ0n) is 6.92. The van der Waals surface area contributed by atoms with Crippen LogP contribution in [0.5, 0.6) is 5.75 Å². The van der Waals surface area contributed by atoms with Crippen LogP contribution in [0.2, 0.25) is 0 Å². The van der Waals surface area contributed by atoms with Gasteiger partial charge in [0.1, 0.15) is 5.75 Å². The average molecular weight is 186 g/mol. The molecule has 3 heteroatoms. The molecule has 0 heterocycles. The van der Waals surface area contributed by atoms with Crippen LogP contribution in [-0.4, -0.2) is 19.5 Å². The average Bonchev–Trinajstić information content (AvgIpc) is 2.15. The summed E-state index contributed by atoms with van der Waals surface area (Å²) in [5.74, 6) is 1.33. The van der Waals surface area contributed by atoms with Crippen molar-refractivity contribution in [3.8, 4) is 5.75 Å². The number of rotatable bonds is 4. The molecule has 0 amide bonds. The van der Waals surface area contributed by atoms with Gasteiger partial charge in [-0.3, -0.25) is 4.39 Å². The van der Waals surface area contributed by atoms with Gasteiger partial charge in [-0.15, -0.1) is 11.8 Å². The van der Waals surface area contributed by atoms with Crippen molar-refractivity contribution in [1.29, 1.82) is 0 Å². The minimum absolute atomic E-state index is 0.290. The summed E-state index contributed by atoms with van der Waals surface area (Å²) in [6, 6.07) is 7.63. The van der Waals surface area contributed by atoms with Crippen molar-refractivity contribution in [1.82, 2.24) is 0 Å². The number of benzene rings is 1. The summed E-state index contributed by atoms with van der Waals surface area (Å²) in [4.78, 5) is 1.05. The van der Waals surface area contributed by atoms with Crippen LogP contribution >= 0.6 is 11.8 Å². The molecule has 1 aromatic rings. The van der Waals surface area contributed by atoms with Crippen molar-refractivity contribution >= 4 is 11.8 Å². The summed E-state index contributed by atoms with van der Waals surface area (Å²) in [5, 5.41) is 0. The van der Waals surface area contributed by atoms with Crippen LogP contribution in [0, 0.1) is 0 Å². The predicted octanol–water partition coefficient (Wildman–Crippen LogP) is 2.76. The van der Waals surface area contributed by atoms with Crippen molar-refractivity contribution in [3.63, 3.8) is 0 Å². The van der Waals surface area contributed by atoms with E-state index in [1.807, 2.05) is 24.3 Å². The minimum atomic E-state index is -0.290. The summed E-state index contributed by atoms with van der Waals surface area (Å²) in [5.41, 5.74) is 0. The van der Waals surface area contributed by atoms with Crippen LogP contribution in [0.3, 0.4) is 0 Å². The maximum absolute atomic E-state index is 11.8. The topological polar surface area (TPSA) is 9.23 Å². The highest BCUT2D eigenvalue weighted by Gasteiger charge is 1.95. The van der Waals surface area contributed by atoms with Crippen molar-refractivity contribution in [2.75, 3.05) is 19.5 Å². The van der Waals surface area contributed by atoms with Gasteiger partial charge in [-0.25, -0.2) is 0 Å². The van der Waals surface area contributed by atoms with Crippen molar-refractivity contribution in [2.45, 2.75) is 4.90 Å². The van der Waals surface area contributed by atoms with E-state index in [4.69, 9.17) is 4.74 Å². The van der Waals surface area contributed by atoms with Crippen LogP contribution in [0.15, 0.2) is 29.2 Å². The van der Waals surface area contributed by atoms with Crippen LogP contribution < -0.4 is 4.74 Å². The van der Waals surface area contributed by atoms with E-state index >= 15 is 0 Å². The fraction of sp³-hybridized carbons (Fsp3) is 0.333. The van der Waals surface area contributed by atoms with Crippen LogP contribution in [0.1, 0.15) is 0 Å². The number of methoxy groups -OCH3 is 1. The summed E-state index contributed by atoms with van der Waals surface area (Å²) in [6.07, 6.45) is 0. The predicted molar refractivity (Wildman–Crippen MR) is 49.7 cm³/mol. The molecule has 0 aliphatic heterocycles. The van der Waals surface area contributed by atoms with E-state index in [9.17, 15) is 4.39 Å². The van der Waals surface area contributed by atoms with Crippen molar-refractivity contribution in [2.24, 2.45) is 0 Å². The summed E-state index contributed by atoms with van der Waals surface area (Å²) in [6.45, 7) is -0.290. The fourth-order valence-corrected chi connectivity index (χ4v) is 1.53. The lowest BCUT2D eigenvalue weighted by Crippen LogP contribution is -1.84. The molecule has 0 bridgehead atoms. The third-order valence-electron chi connectivity index (χ3n) is 1.39. The molecule has 0 saturated heterocycles. The molecular weight excluding hydrogens is 175 g/mol. The molecule has 1 rings (SSSR count). The molecule has 0 saturated carbocycles. The van der Waals surface area contributed by atoms with E-state index in [0.29, 0.717) is 5.75 Å². The molecule has 1 aromatic carbocycles. The molecule has 0 radical (unpaired) electrons. The number of hydrogen-bond donors (Lipinski definition) is 0. The first-order chi connectivity index (χ1) is 5.86. The zero-order valence-corrected chi connectivity index (χ0v) is 7.73. The summed E-state index contributed by atoms with van der Waals surface area (Å²) in [7, 11) is 1.62. The molecular formula is C9H11FOS. The first-order valence-corrected chi connectivity index (χ1v) is 4.68. The van der Waals surface area contributed by atoms with Crippen molar-refractivity contribution < 1.29 is 9.13 Å². The SMILES string of the molecule is COc1cccc(SCCF)c1. The Labute approximate surface area is 75.9 Å².